The van der Waals surface area contributed by atoms with Crippen LogP contribution in [-0.2, 0) is 6.54 Å². The summed E-state index contributed by atoms with van der Waals surface area (Å²) in [6.07, 6.45) is 4.08. The van der Waals surface area contributed by atoms with E-state index in [1.165, 1.54) is 0 Å². The number of pyridine rings is 1. The lowest BCUT2D eigenvalue weighted by Crippen LogP contribution is -2.33. The maximum absolute atomic E-state index is 4.39. The molecular formula is C14H19N5. The summed E-state index contributed by atoms with van der Waals surface area (Å²) in [6, 6.07) is 4.40. The van der Waals surface area contributed by atoms with Crippen LogP contribution >= 0.6 is 0 Å². The number of hydrogen-bond acceptors (Lipinski definition) is 4. The number of rotatable bonds is 3. The molecule has 5 heteroatoms. The third-order valence-corrected chi connectivity index (χ3v) is 3.55. The summed E-state index contributed by atoms with van der Waals surface area (Å²) in [5.74, 6) is 2.03. The summed E-state index contributed by atoms with van der Waals surface area (Å²) in [4.78, 5) is 4.24. The molecule has 1 aliphatic heterocycles. The second-order valence-electron chi connectivity index (χ2n) is 5.01. The molecule has 0 saturated carbocycles. The van der Waals surface area contributed by atoms with Gasteiger partial charge in [0, 0.05) is 30.5 Å². The molecule has 2 aromatic rings. The Morgan fingerprint density at radius 2 is 2.32 bits per heavy atom. The van der Waals surface area contributed by atoms with Crippen LogP contribution in [0.25, 0.3) is 11.4 Å². The van der Waals surface area contributed by atoms with Crippen LogP contribution in [0.15, 0.2) is 18.3 Å². The molecule has 0 spiro atoms. The zero-order valence-corrected chi connectivity index (χ0v) is 11.4. The molecule has 0 bridgehead atoms. The van der Waals surface area contributed by atoms with Gasteiger partial charge in [0.25, 0.3) is 0 Å². The molecule has 0 fully saturated rings. The van der Waals surface area contributed by atoms with Crippen LogP contribution in [0.4, 0.5) is 0 Å². The van der Waals surface area contributed by atoms with Crippen molar-refractivity contribution in [3.8, 4) is 11.4 Å². The van der Waals surface area contributed by atoms with Crippen molar-refractivity contribution >= 4 is 0 Å². The number of nitrogens with zero attached hydrogens (tertiary/aromatic N) is 4. The first kappa shape index (κ1) is 12.3. The summed E-state index contributed by atoms with van der Waals surface area (Å²) in [5.41, 5.74) is 2.11. The highest BCUT2D eigenvalue weighted by Gasteiger charge is 2.24. The van der Waals surface area contributed by atoms with E-state index in [1.807, 2.05) is 19.2 Å². The fourth-order valence-electron chi connectivity index (χ4n) is 2.65. The molecule has 0 amide bonds. The maximum atomic E-state index is 4.39. The summed E-state index contributed by atoms with van der Waals surface area (Å²) in [7, 11) is 0. The van der Waals surface area contributed by atoms with E-state index in [0.29, 0.717) is 6.04 Å². The Morgan fingerprint density at radius 3 is 3.11 bits per heavy atom. The van der Waals surface area contributed by atoms with Gasteiger partial charge in [-0.05, 0) is 25.5 Å². The van der Waals surface area contributed by atoms with Gasteiger partial charge in [-0.2, -0.15) is 0 Å². The van der Waals surface area contributed by atoms with Crippen LogP contribution in [0, 0.1) is 6.92 Å². The van der Waals surface area contributed by atoms with E-state index in [0.717, 1.165) is 48.8 Å². The van der Waals surface area contributed by atoms with E-state index in [1.54, 1.807) is 0 Å². The molecule has 2 aromatic heterocycles. The largest absolute Gasteiger partial charge is 0.308 e. The topological polar surface area (TPSA) is 55.6 Å². The number of fused-ring (bicyclic) bond motifs is 1. The van der Waals surface area contributed by atoms with Crippen molar-refractivity contribution in [3.63, 3.8) is 0 Å². The molecule has 0 aliphatic carbocycles. The third kappa shape index (κ3) is 2.26. The molecule has 19 heavy (non-hydrogen) atoms. The smallest absolute Gasteiger partial charge is 0.164 e. The summed E-state index contributed by atoms with van der Waals surface area (Å²) >= 11 is 0. The van der Waals surface area contributed by atoms with Crippen molar-refractivity contribution in [2.45, 2.75) is 39.3 Å². The Kier molecular flexibility index (Phi) is 3.29. The Labute approximate surface area is 113 Å². The molecule has 3 heterocycles. The quantitative estimate of drug-likeness (QED) is 0.914. The van der Waals surface area contributed by atoms with E-state index >= 15 is 0 Å². The minimum atomic E-state index is 0.336. The van der Waals surface area contributed by atoms with Crippen molar-refractivity contribution in [2.75, 3.05) is 6.54 Å². The van der Waals surface area contributed by atoms with Crippen LogP contribution in [-0.4, -0.2) is 26.3 Å². The van der Waals surface area contributed by atoms with Crippen LogP contribution < -0.4 is 5.32 Å². The lowest BCUT2D eigenvalue weighted by molar-refractivity contribution is 0.394. The van der Waals surface area contributed by atoms with Gasteiger partial charge in [0.2, 0.25) is 0 Å². The monoisotopic (exact) mass is 257 g/mol. The standard InChI is InChI=1S/C14H19N5/c1-3-4-12-14-18-17-13(19(14)8-7-16-12)11-5-6-15-10(2)9-11/h5-6,9,12,16H,3-4,7-8H2,1-2H3. The summed E-state index contributed by atoms with van der Waals surface area (Å²) < 4.78 is 2.24. The SMILES string of the molecule is CCCC1NCCn2c(-c3ccnc(C)c3)nnc21. The molecule has 3 rings (SSSR count). The minimum absolute atomic E-state index is 0.336. The minimum Gasteiger partial charge on any atom is -0.308 e. The zero-order chi connectivity index (χ0) is 13.2. The lowest BCUT2D eigenvalue weighted by Gasteiger charge is -2.24. The van der Waals surface area contributed by atoms with Gasteiger partial charge in [-0.3, -0.25) is 4.98 Å². The molecule has 1 aliphatic rings. The average Bonchev–Trinajstić information content (AvgIpc) is 2.84. The number of hydrogen-bond donors (Lipinski definition) is 1. The normalized spacial score (nSPS) is 18.3. The fraction of sp³-hybridized carbons (Fsp3) is 0.500. The molecule has 100 valence electrons. The number of aromatic nitrogens is 4. The van der Waals surface area contributed by atoms with Crippen LogP contribution in [0.1, 0.15) is 37.3 Å². The summed E-state index contributed by atoms with van der Waals surface area (Å²) in [5, 5.41) is 12.3. The van der Waals surface area contributed by atoms with Crippen molar-refractivity contribution in [1.82, 2.24) is 25.1 Å². The van der Waals surface area contributed by atoms with Crippen LogP contribution in [0.3, 0.4) is 0 Å². The van der Waals surface area contributed by atoms with E-state index < -0.39 is 0 Å². The van der Waals surface area contributed by atoms with E-state index in [4.69, 9.17) is 0 Å². The maximum Gasteiger partial charge on any atom is 0.164 e. The Balaban J connectivity index is 2.01. The molecule has 1 N–H and O–H groups in total. The van der Waals surface area contributed by atoms with Gasteiger partial charge in [0.1, 0.15) is 0 Å². The van der Waals surface area contributed by atoms with Gasteiger partial charge in [-0.1, -0.05) is 13.3 Å². The van der Waals surface area contributed by atoms with Crippen LogP contribution in [0.5, 0.6) is 0 Å². The van der Waals surface area contributed by atoms with E-state index in [9.17, 15) is 0 Å². The first-order valence-corrected chi connectivity index (χ1v) is 6.89. The van der Waals surface area contributed by atoms with Crippen molar-refractivity contribution < 1.29 is 0 Å². The van der Waals surface area contributed by atoms with Crippen LogP contribution in [0.2, 0.25) is 0 Å². The Bertz CT molecular complexity index is 575. The predicted molar refractivity (Wildman–Crippen MR) is 73.6 cm³/mol. The Morgan fingerprint density at radius 1 is 1.42 bits per heavy atom. The van der Waals surface area contributed by atoms with E-state index in [2.05, 4.69) is 38.1 Å². The molecular weight excluding hydrogens is 238 g/mol. The highest BCUT2D eigenvalue weighted by Crippen LogP contribution is 2.25. The van der Waals surface area contributed by atoms with E-state index in [-0.39, 0.29) is 0 Å². The molecule has 1 atom stereocenters. The first-order chi connectivity index (χ1) is 9.29. The predicted octanol–water partition coefficient (Wildman–Crippen LogP) is 2.09. The first-order valence-electron chi connectivity index (χ1n) is 6.89. The van der Waals surface area contributed by atoms with Crippen molar-refractivity contribution in [1.29, 1.82) is 0 Å². The van der Waals surface area contributed by atoms with Gasteiger partial charge in [0.15, 0.2) is 11.6 Å². The molecule has 1 unspecified atom stereocenters. The number of aryl methyl sites for hydroxylation is 1. The van der Waals surface area contributed by atoms with Gasteiger partial charge < -0.3 is 9.88 Å². The Hall–Kier alpha value is -1.75. The molecule has 0 radical (unpaired) electrons. The molecule has 0 saturated heterocycles. The highest BCUT2D eigenvalue weighted by molar-refractivity contribution is 5.55. The average molecular weight is 257 g/mol. The second-order valence-corrected chi connectivity index (χ2v) is 5.01. The summed E-state index contributed by atoms with van der Waals surface area (Å²) in [6.45, 7) is 6.11. The third-order valence-electron chi connectivity index (χ3n) is 3.55. The van der Waals surface area contributed by atoms with Crippen molar-refractivity contribution in [3.05, 3.63) is 29.8 Å². The van der Waals surface area contributed by atoms with Gasteiger partial charge in [-0.15, -0.1) is 10.2 Å². The van der Waals surface area contributed by atoms with Gasteiger partial charge in [-0.25, -0.2) is 0 Å². The number of nitrogens with one attached hydrogen (secondary N) is 1. The lowest BCUT2D eigenvalue weighted by atomic mass is 10.1. The fourth-order valence-corrected chi connectivity index (χ4v) is 2.65. The molecule has 5 nitrogen and oxygen atoms in total. The van der Waals surface area contributed by atoms with Gasteiger partial charge in [0.05, 0.1) is 6.04 Å². The molecule has 0 aromatic carbocycles. The van der Waals surface area contributed by atoms with Gasteiger partial charge >= 0.3 is 0 Å². The zero-order valence-electron chi connectivity index (χ0n) is 11.4. The van der Waals surface area contributed by atoms with Crippen molar-refractivity contribution in [2.24, 2.45) is 0 Å². The second kappa shape index (κ2) is 5.09. The highest BCUT2D eigenvalue weighted by atomic mass is 15.3.